The van der Waals surface area contributed by atoms with Gasteiger partial charge in [-0.05, 0) is 62.9 Å². The molecule has 2 rings (SSSR count). The van der Waals surface area contributed by atoms with Crippen LogP contribution in [0.2, 0.25) is 5.02 Å². The number of benzene rings is 1. The SMILES string of the molecule is Cc1ccc(N(C)CCC2CCCNC2)cc1Cl. The van der Waals surface area contributed by atoms with Crippen molar-refractivity contribution in [2.45, 2.75) is 26.2 Å². The monoisotopic (exact) mass is 266 g/mol. The Hall–Kier alpha value is -0.730. The summed E-state index contributed by atoms with van der Waals surface area (Å²) in [5.74, 6) is 0.835. The first kappa shape index (κ1) is 13.7. The first-order valence-electron chi connectivity index (χ1n) is 6.85. The van der Waals surface area contributed by atoms with Crippen LogP contribution in [0.1, 0.15) is 24.8 Å². The third-order valence-electron chi connectivity index (χ3n) is 3.87. The molecule has 18 heavy (non-hydrogen) atoms. The quantitative estimate of drug-likeness (QED) is 0.898. The van der Waals surface area contributed by atoms with Crippen molar-refractivity contribution in [3.05, 3.63) is 28.8 Å². The Labute approximate surface area is 115 Å². The number of hydrogen-bond donors (Lipinski definition) is 1. The van der Waals surface area contributed by atoms with Crippen molar-refractivity contribution in [3.8, 4) is 0 Å². The number of piperidine rings is 1. The fourth-order valence-electron chi connectivity index (χ4n) is 2.49. The number of hydrogen-bond acceptors (Lipinski definition) is 2. The Kier molecular flexibility index (Phi) is 4.90. The highest BCUT2D eigenvalue weighted by Crippen LogP contribution is 2.23. The number of nitrogens with one attached hydrogen (secondary N) is 1. The van der Waals surface area contributed by atoms with Gasteiger partial charge in [0.05, 0.1) is 0 Å². The number of nitrogens with zero attached hydrogens (tertiary/aromatic N) is 1. The largest absolute Gasteiger partial charge is 0.375 e. The van der Waals surface area contributed by atoms with Gasteiger partial charge in [0.15, 0.2) is 0 Å². The molecule has 1 N–H and O–H groups in total. The molecule has 0 spiro atoms. The fourth-order valence-corrected chi connectivity index (χ4v) is 2.67. The molecule has 0 radical (unpaired) electrons. The van der Waals surface area contributed by atoms with Crippen molar-refractivity contribution in [1.29, 1.82) is 0 Å². The topological polar surface area (TPSA) is 15.3 Å². The molecular formula is C15H23ClN2. The van der Waals surface area contributed by atoms with E-state index in [-0.39, 0.29) is 0 Å². The summed E-state index contributed by atoms with van der Waals surface area (Å²) in [6.07, 6.45) is 3.95. The smallest absolute Gasteiger partial charge is 0.0455 e. The average molecular weight is 267 g/mol. The van der Waals surface area contributed by atoms with Gasteiger partial charge in [-0.1, -0.05) is 17.7 Å². The summed E-state index contributed by atoms with van der Waals surface area (Å²) in [5.41, 5.74) is 2.36. The highest BCUT2D eigenvalue weighted by Gasteiger charge is 2.13. The van der Waals surface area contributed by atoms with Gasteiger partial charge in [-0.3, -0.25) is 0 Å². The van der Waals surface area contributed by atoms with Gasteiger partial charge in [0.1, 0.15) is 0 Å². The van der Waals surface area contributed by atoms with Crippen LogP contribution in [0.4, 0.5) is 5.69 Å². The number of aryl methyl sites for hydroxylation is 1. The first-order chi connectivity index (χ1) is 8.66. The molecule has 1 aliphatic heterocycles. The molecule has 1 aromatic carbocycles. The van der Waals surface area contributed by atoms with E-state index < -0.39 is 0 Å². The van der Waals surface area contributed by atoms with Crippen LogP contribution in [-0.2, 0) is 0 Å². The molecule has 1 aliphatic rings. The van der Waals surface area contributed by atoms with E-state index in [0.717, 1.165) is 23.0 Å². The minimum atomic E-state index is 0.835. The second kappa shape index (κ2) is 6.44. The van der Waals surface area contributed by atoms with Crippen LogP contribution in [-0.4, -0.2) is 26.7 Å². The summed E-state index contributed by atoms with van der Waals surface area (Å²) >= 11 is 6.17. The molecule has 0 aliphatic carbocycles. The van der Waals surface area contributed by atoms with Crippen LogP contribution >= 0.6 is 11.6 Å². The Balaban J connectivity index is 1.86. The van der Waals surface area contributed by atoms with E-state index in [4.69, 9.17) is 11.6 Å². The molecule has 0 amide bonds. The fraction of sp³-hybridized carbons (Fsp3) is 0.600. The van der Waals surface area contributed by atoms with E-state index in [1.54, 1.807) is 0 Å². The van der Waals surface area contributed by atoms with Gasteiger partial charge in [0.25, 0.3) is 0 Å². The maximum absolute atomic E-state index is 6.17. The molecule has 1 atom stereocenters. The van der Waals surface area contributed by atoms with Gasteiger partial charge in [0.2, 0.25) is 0 Å². The predicted molar refractivity (Wildman–Crippen MR) is 79.7 cm³/mol. The van der Waals surface area contributed by atoms with Crippen LogP contribution in [0.3, 0.4) is 0 Å². The normalized spacial score (nSPS) is 19.8. The average Bonchev–Trinajstić information content (AvgIpc) is 2.40. The van der Waals surface area contributed by atoms with Crippen molar-refractivity contribution >= 4 is 17.3 Å². The predicted octanol–water partition coefficient (Wildman–Crippen LogP) is 3.47. The van der Waals surface area contributed by atoms with Gasteiger partial charge in [-0.2, -0.15) is 0 Å². The zero-order valence-electron chi connectivity index (χ0n) is 11.4. The molecule has 1 saturated heterocycles. The zero-order valence-corrected chi connectivity index (χ0v) is 12.1. The molecule has 0 bridgehead atoms. The Morgan fingerprint density at radius 1 is 1.44 bits per heavy atom. The first-order valence-corrected chi connectivity index (χ1v) is 7.22. The lowest BCUT2D eigenvalue weighted by atomic mass is 9.96. The van der Waals surface area contributed by atoms with Gasteiger partial charge in [-0.25, -0.2) is 0 Å². The summed E-state index contributed by atoms with van der Waals surface area (Å²) in [6, 6.07) is 6.31. The molecule has 1 heterocycles. The summed E-state index contributed by atoms with van der Waals surface area (Å²) in [6.45, 7) is 5.52. The third kappa shape index (κ3) is 3.63. The lowest BCUT2D eigenvalue weighted by Gasteiger charge is -2.26. The van der Waals surface area contributed by atoms with Crippen LogP contribution < -0.4 is 10.2 Å². The standard InChI is InChI=1S/C15H23ClN2/c1-12-5-6-14(10-15(12)16)18(2)9-7-13-4-3-8-17-11-13/h5-6,10,13,17H,3-4,7-9,11H2,1-2H3. The van der Waals surface area contributed by atoms with Gasteiger partial charge in [-0.15, -0.1) is 0 Å². The molecule has 1 aromatic rings. The summed E-state index contributed by atoms with van der Waals surface area (Å²) < 4.78 is 0. The summed E-state index contributed by atoms with van der Waals surface area (Å²) in [7, 11) is 2.15. The molecule has 0 saturated carbocycles. The molecule has 2 nitrogen and oxygen atoms in total. The minimum Gasteiger partial charge on any atom is -0.375 e. The second-order valence-electron chi connectivity index (χ2n) is 5.36. The number of halogens is 1. The molecule has 3 heteroatoms. The molecule has 100 valence electrons. The van der Waals surface area contributed by atoms with E-state index in [2.05, 4.69) is 35.5 Å². The van der Waals surface area contributed by atoms with E-state index in [0.29, 0.717) is 0 Å². The van der Waals surface area contributed by atoms with Gasteiger partial charge in [0, 0.05) is 24.3 Å². The van der Waals surface area contributed by atoms with Crippen molar-refractivity contribution < 1.29 is 0 Å². The maximum atomic E-state index is 6.17. The van der Waals surface area contributed by atoms with E-state index in [1.807, 2.05) is 6.92 Å². The van der Waals surface area contributed by atoms with Crippen molar-refractivity contribution in [3.63, 3.8) is 0 Å². The Morgan fingerprint density at radius 2 is 2.28 bits per heavy atom. The van der Waals surface area contributed by atoms with Gasteiger partial charge < -0.3 is 10.2 Å². The maximum Gasteiger partial charge on any atom is 0.0455 e. The van der Waals surface area contributed by atoms with Gasteiger partial charge >= 0.3 is 0 Å². The third-order valence-corrected chi connectivity index (χ3v) is 4.28. The zero-order chi connectivity index (χ0) is 13.0. The van der Waals surface area contributed by atoms with Crippen LogP contribution in [0, 0.1) is 12.8 Å². The van der Waals surface area contributed by atoms with Crippen molar-refractivity contribution in [1.82, 2.24) is 5.32 Å². The lowest BCUT2D eigenvalue weighted by Crippen LogP contribution is -2.32. The Morgan fingerprint density at radius 3 is 2.94 bits per heavy atom. The van der Waals surface area contributed by atoms with E-state index in [9.17, 15) is 0 Å². The summed E-state index contributed by atoms with van der Waals surface area (Å²) in [4.78, 5) is 2.31. The molecule has 0 aromatic heterocycles. The van der Waals surface area contributed by atoms with E-state index in [1.165, 1.54) is 38.0 Å². The summed E-state index contributed by atoms with van der Waals surface area (Å²) in [5, 5.41) is 4.34. The minimum absolute atomic E-state index is 0.835. The lowest BCUT2D eigenvalue weighted by molar-refractivity contribution is 0.360. The van der Waals surface area contributed by atoms with Crippen molar-refractivity contribution in [2.24, 2.45) is 5.92 Å². The Bertz CT molecular complexity index is 386. The number of rotatable bonds is 4. The number of anilines is 1. The van der Waals surface area contributed by atoms with Crippen LogP contribution in [0.5, 0.6) is 0 Å². The van der Waals surface area contributed by atoms with Crippen LogP contribution in [0.25, 0.3) is 0 Å². The van der Waals surface area contributed by atoms with Crippen LogP contribution in [0.15, 0.2) is 18.2 Å². The highest BCUT2D eigenvalue weighted by molar-refractivity contribution is 6.31. The molecule has 1 unspecified atom stereocenters. The van der Waals surface area contributed by atoms with E-state index >= 15 is 0 Å². The molecule has 1 fully saturated rings. The highest BCUT2D eigenvalue weighted by atomic mass is 35.5. The van der Waals surface area contributed by atoms with Crippen molar-refractivity contribution in [2.75, 3.05) is 31.6 Å². The second-order valence-corrected chi connectivity index (χ2v) is 5.76. The molecular weight excluding hydrogens is 244 g/mol.